The molecule has 13 heavy (non-hydrogen) atoms. The first kappa shape index (κ1) is 9.51. The lowest BCUT2D eigenvalue weighted by Gasteiger charge is -2.31. The Morgan fingerprint density at radius 1 is 1.00 bits per heavy atom. The summed E-state index contributed by atoms with van der Waals surface area (Å²) in [6, 6.07) is 0. The molecule has 0 radical (unpaired) electrons. The van der Waals surface area contributed by atoms with Crippen molar-refractivity contribution in [2.24, 2.45) is 17.8 Å². The molecule has 2 rings (SSSR count). The van der Waals surface area contributed by atoms with Crippen LogP contribution in [0.3, 0.4) is 0 Å². The van der Waals surface area contributed by atoms with Gasteiger partial charge in [0.25, 0.3) is 0 Å². The lowest BCUT2D eigenvalue weighted by molar-refractivity contribution is 0.203. The van der Waals surface area contributed by atoms with Gasteiger partial charge >= 0.3 is 0 Å². The Morgan fingerprint density at radius 3 is 2.38 bits per heavy atom. The average molecular weight is 181 g/mol. The predicted octanol–water partition coefficient (Wildman–Crippen LogP) is 2.81. The Labute approximate surface area is 82.3 Å². The molecule has 1 nitrogen and oxygen atoms in total. The first-order valence-corrected chi connectivity index (χ1v) is 6.08. The maximum atomic E-state index is 3.49. The molecule has 2 unspecified atom stereocenters. The van der Waals surface area contributed by atoms with Crippen LogP contribution >= 0.6 is 0 Å². The quantitative estimate of drug-likeness (QED) is 0.690. The summed E-state index contributed by atoms with van der Waals surface area (Å²) in [6.45, 7) is 5.05. The molecule has 2 fully saturated rings. The summed E-state index contributed by atoms with van der Waals surface area (Å²) in [6.07, 6.45) is 8.93. The van der Waals surface area contributed by atoms with E-state index in [1.807, 2.05) is 0 Å². The Kier molecular flexibility index (Phi) is 3.26. The van der Waals surface area contributed by atoms with E-state index in [1.165, 1.54) is 51.6 Å². The van der Waals surface area contributed by atoms with Gasteiger partial charge in [0.1, 0.15) is 0 Å². The Balaban J connectivity index is 1.83. The topological polar surface area (TPSA) is 12.0 Å². The van der Waals surface area contributed by atoms with Crippen LogP contribution in [-0.2, 0) is 0 Å². The molecular formula is C12H23N. The van der Waals surface area contributed by atoms with Gasteiger partial charge in [0, 0.05) is 0 Å². The number of rotatable bonds is 2. The Morgan fingerprint density at radius 2 is 1.77 bits per heavy atom. The van der Waals surface area contributed by atoms with Crippen LogP contribution < -0.4 is 5.32 Å². The zero-order chi connectivity index (χ0) is 9.10. The zero-order valence-electron chi connectivity index (χ0n) is 8.89. The fraction of sp³-hybridized carbons (Fsp3) is 1.00. The van der Waals surface area contributed by atoms with Crippen molar-refractivity contribution in [2.75, 3.05) is 13.1 Å². The number of hydrogen-bond donors (Lipinski definition) is 1. The van der Waals surface area contributed by atoms with Gasteiger partial charge in [0.15, 0.2) is 0 Å². The highest BCUT2D eigenvalue weighted by Gasteiger charge is 2.28. The van der Waals surface area contributed by atoms with Gasteiger partial charge in [0.05, 0.1) is 0 Å². The van der Waals surface area contributed by atoms with Crippen molar-refractivity contribution < 1.29 is 0 Å². The normalized spacial score (nSPS) is 33.5. The molecule has 1 saturated heterocycles. The van der Waals surface area contributed by atoms with E-state index in [0.717, 1.165) is 17.8 Å². The Bertz CT molecular complexity index is 143. The van der Waals surface area contributed by atoms with Gasteiger partial charge in [-0.25, -0.2) is 0 Å². The van der Waals surface area contributed by atoms with Gasteiger partial charge in [-0.3, -0.25) is 0 Å². The van der Waals surface area contributed by atoms with Crippen LogP contribution in [0, 0.1) is 17.8 Å². The average Bonchev–Trinajstić information content (AvgIpc) is 2.71. The highest BCUT2D eigenvalue weighted by atomic mass is 14.9. The van der Waals surface area contributed by atoms with Crippen molar-refractivity contribution in [3.8, 4) is 0 Å². The van der Waals surface area contributed by atoms with E-state index in [4.69, 9.17) is 0 Å². The summed E-state index contributed by atoms with van der Waals surface area (Å²) in [7, 11) is 0. The van der Waals surface area contributed by atoms with E-state index in [-0.39, 0.29) is 0 Å². The molecule has 0 aromatic rings. The van der Waals surface area contributed by atoms with E-state index in [1.54, 1.807) is 0 Å². The van der Waals surface area contributed by atoms with E-state index in [2.05, 4.69) is 12.2 Å². The summed E-state index contributed by atoms with van der Waals surface area (Å²) in [4.78, 5) is 0. The molecule has 1 aliphatic carbocycles. The highest BCUT2D eigenvalue weighted by Crippen LogP contribution is 2.35. The molecule has 1 N–H and O–H groups in total. The second-order valence-corrected chi connectivity index (χ2v) is 5.01. The molecule has 0 aromatic carbocycles. The van der Waals surface area contributed by atoms with Crippen molar-refractivity contribution in [3.05, 3.63) is 0 Å². The van der Waals surface area contributed by atoms with Gasteiger partial charge in [-0.15, -0.1) is 0 Å². The first-order chi connectivity index (χ1) is 6.38. The SMILES string of the molecule is CC(C1CCCCC1)C1CCNC1. The minimum Gasteiger partial charge on any atom is -0.316 e. The Hall–Kier alpha value is -0.0400. The van der Waals surface area contributed by atoms with Crippen LogP contribution in [0.25, 0.3) is 0 Å². The minimum atomic E-state index is 0.982. The fourth-order valence-corrected chi connectivity index (χ4v) is 3.17. The maximum absolute atomic E-state index is 3.49. The van der Waals surface area contributed by atoms with Gasteiger partial charge in [-0.2, -0.15) is 0 Å². The third kappa shape index (κ3) is 2.25. The second kappa shape index (κ2) is 4.45. The summed E-state index contributed by atoms with van der Waals surface area (Å²) in [5.41, 5.74) is 0. The third-order valence-corrected chi connectivity index (χ3v) is 4.24. The molecule has 1 aliphatic heterocycles. The largest absolute Gasteiger partial charge is 0.316 e. The van der Waals surface area contributed by atoms with Crippen LogP contribution in [0.15, 0.2) is 0 Å². The van der Waals surface area contributed by atoms with E-state index >= 15 is 0 Å². The molecule has 2 atom stereocenters. The van der Waals surface area contributed by atoms with E-state index in [0.29, 0.717) is 0 Å². The monoisotopic (exact) mass is 181 g/mol. The van der Waals surface area contributed by atoms with Crippen molar-refractivity contribution in [2.45, 2.75) is 45.4 Å². The smallest absolute Gasteiger partial charge is 0.00174 e. The molecule has 0 amide bonds. The molecule has 0 aromatic heterocycles. The second-order valence-electron chi connectivity index (χ2n) is 5.01. The molecule has 0 bridgehead atoms. The van der Waals surface area contributed by atoms with Crippen molar-refractivity contribution >= 4 is 0 Å². The first-order valence-electron chi connectivity index (χ1n) is 6.08. The van der Waals surface area contributed by atoms with Gasteiger partial charge in [-0.1, -0.05) is 39.0 Å². The summed E-state index contributed by atoms with van der Waals surface area (Å²) >= 11 is 0. The van der Waals surface area contributed by atoms with Gasteiger partial charge in [-0.05, 0) is 37.3 Å². The molecule has 1 heteroatoms. The summed E-state index contributed by atoms with van der Waals surface area (Å²) in [5, 5.41) is 3.49. The van der Waals surface area contributed by atoms with Gasteiger partial charge in [0.2, 0.25) is 0 Å². The van der Waals surface area contributed by atoms with Crippen molar-refractivity contribution in [3.63, 3.8) is 0 Å². The molecule has 76 valence electrons. The van der Waals surface area contributed by atoms with Crippen LogP contribution in [0.5, 0.6) is 0 Å². The van der Waals surface area contributed by atoms with E-state index in [9.17, 15) is 0 Å². The fourth-order valence-electron chi connectivity index (χ4n) is 3.17. The lowest BCUT2D eigenvalue weighted by atomic mass is 9.75. The van der Waals surface area contributed by atoms with Gasteiger partial charge < -0.3 is 5.32 Å². The van der Waals surface area contributed by atoms with Crippen LogP contribution in [0.1, 0.15) is 45.4 Å². The number of hydrogen-bond acceptors (Lipinski definition) is 1. The predicted molar refractivity (Wildman–Crippen MR) is 56.7 cm³/mol. The summed E-state index contributed by atoms with van der Waals surface area (Å²) < 4.78 is 0. The zero-order valence-corrected chi connectivity index (χ0v) is 8.89. The van der Waals surface area contributed by atoms with Crippen LogP contribution in [0.2, 0.25) is 0 Å². The highest BCUT2D eigenvalue weighted by molar-refractivity contribution is 4.81. The lowest BCUT2D eigenvalue weighted by Crippen LogP contribution is -2.24. The molecule has 1 heterocycles. The number of nitrogens with one attached hydrogen (secondary N) is 1. The summed E-state index contributed by atoms with van der Waals surface area (Å²) in [5.74, 6) is 3.03. The van der Waals surface area contributed by atoms with Crippen molar-refractivity contribution in [1.29, 1.82) is 0 Å². The minimum absolute atomic E-state index is 0.982. The van der Waals surface area contributed by atoms with E-state index < -0.39 is 0 Å². The standard InChI is InChI=1S/C12H23N/c1-10(12-7-8-13-9-12)11-5-3-2-4-6-11/h10-13H,2-9H2,1H3. The van der Waals surface area contributed by atoms with Crippen LogP contribution in [-0.4, -0.2) is 13.1 Å². The third-order valence-electron chi connectivity index (χ3n) is 4.24. The molecule has 0 spiro atoms. The molecule has 1 saturated carbocycles. The molecular weight excluding hydrogens is 158 g/mol. The molecule has 2 aliphatic rings. The maximum Gasteiger partial charge on any atom is -0.00174 e. The van der Waals surface area contributed by atoms with Crippen molar-refractivity contribution in [1.82, 2.24) is 5.32 Å². The van der Waals surface area contributed by atoms with Crippen LogP contribution in [0.4, 0.5) is 0 Å².